The Morgan fingerprint density at radius 1 is 1.33 bits per heavy atom. The second-order valence-corrected chi connectivity index (χ2v) is 4.73. The van der Waals surface area contributed by atoms with E-state index in [0.717, 1.165) is 5.56 Å². The summed E-state index contributed by atoms with van der Waals surface area (Å²) in [5.41, 5.74) is 1.07. The van der Waals surface area contributed by atoms with E-state index in [1.54, 1.807) is 11.3 Å². The largest absolute Gasteiger partial charge is 0.508 e. The zero-order valence-corrected chi connectivity index (χ0v) is 10.6. The Kier molecular flexibility index (Phi) is 3.53. The van der Waals surface area contributed by atoms with Gasteiger partial charge >= 0.3 is 0 Å². The summed E-state index contributed by atoms with van der Waals surface area (Å²) in [7, 11) is 0. The molecule has 4 nitrogen and oxygen atoms in total. The number of carbonyl (C=O) groups is 1. The number of phenols is 2. The molecule has 0 aliphatic heterocycles. The lowest BCUT2D eigenvalue weighted by Gasteiger charge is -2.13. The Labute approximate surface area is 109 Å². The van der Waals surface area contributed by atoms with Gasteiger partial charge in [0.15, 0.2) is 0 Å². The molecule has 5 heteroatoms. The van der Waals surface area contributed by atoms with E-state index in [9.17, 15) is 15.0 Å². The van der Waals surface area contributed by atoms with Gasteiger partial charge in [-0.2, -0.15) is 11.3 Å². The first-order chi connectivity index (χ1) is 8.58. The normalized spacial score (nSPS) is 12.1. The highest BCUT2D eigenvalue weighted by molar-refractivity contribution is 7.07. The molecule has 0 saturated heterocycles. The Balaban J connectivity index is 2.15. The van der Waals surface area contributed by atoms with Crippen LogP contribution in [0.4, 0.5) is 0 Å². The maximum Gasteiger partial charge on any atom is 0.255 e. The van der Waals surface area contributed by atoms with Crippen LogP contribution in [0.5, 0.6) is 11.5 Å². The standard InChI is InChI=1S/C13H13NO3S/c1-8(9-4-5-18-7-9)14-13(17)11-6-10(15)2-3-12(11)16/h2-8,15-16H,1H3,(H,14,17). The van der Waals surface area contributed by atoms with E-state index in [-0.39, 0.29) is 23.1 Å². The molecule has 0 aliphatic carbocycles. The molecule has 1 aromatic heterocycles. The zero-order chi connectivity index (χ0) is 13.1. The van der Waals surface area contributed by atoms with Gasteiger partial charge in [0.2, 0.25) is 0 Å². The van der Waals surface area contributed by atoms with Crippen molar-refractivity contribution in [3.05, 3.63) is 46.2 Å². The summed E-state index contributed by atoms with van der Waals surface area (Å²) in [4.78, 5) is 11.9. The van der Waals surface area contributed by atoms with E-state index >= 15 is 0 Å². The first-order valence-corrected chi connectivity index (χ1v) is 6.37. The fourth-order valence-corrected chi connectivity index (χ4v) is 2.34. The molecule has 2 rings (SSSR count). The summed E-state index contributed by atoms with van der Waals surface area (Å²) in [5, 5.41) is 25.5. The molecular formula is C13H13NO3S. The van der Waals surface area contributed by atoms with Gasteiger partial charge in [-0.25, -0.2) is 0 Å². The minimum atomic E-state index is -0.415. The summed E-state index contributed by atoms with van der Waals surface area (Å²) >= 11 is 1.56. The Morgan fingerprint density at radius 3 is 2.78 bits per heavy atom. The molecule has 1 atom stereocenters. The van der Waals surface area contributed by atoms with Crippen LogP contribution in [0.1, 0.15) is 28.9 Å². The maximum absolute atomic E-state index is 11.9. The number of phenolic OH excluding ortho intramolecular Hbond substituents is 2. The van der Waals surface area contributed by atoms with Crippen molar-refractivity contribution in [1.29, 1.82) is 0 Å². The smallest absolute Gasteiger partial charge is 0.255 e. The van der Waals surface area contributed by atoms with Crippen molar-refractivity contribution in [3.8, 4) is 11.5 Å². The predicted molar refractivity (Wildman–Crippen MR) is 70.0 cm³/mol. The van der Waals surface area contributed by atoms with E-state index in [0.29, 0.717) is 0 Å². The van der Waals surface area contributed by atoms with Gasteiger partial charge < -0.3 is 15.5 Å². The third-order valence-electron chi connectivity index (χ3n) is 2.62. The number of aromatic hydroxyl groups is 2. The van der Waals surface area contributed by atoms with Crippen LogP contribution in [-0.2, 0) is 0 Å². The number of carbonyl (C=O) groups excluding carboxylic acids is 1. The minimum absolute atomic E-state index is 0.0545. The maximum atomic E-state index is 11.9. The van der Waals surface area contributed by atoms with Crippen molar-refractivity contribution in [2.24, 2.45) is 0 Å². The van der Waals surface area contributed by atoms with E-state index in [4.69, 9.17) is 0 Å². The van der Waals surface area contributed by atoms with Crippen LogP contribution >= 0.6 is 11.3 Å². The zero-order valence-electron chi connectivity index (χ0n) is 9.75. The molecule has 1 unspecified atom stereocenters. The molecule has 0 bridgehead atoms. The fraction of sp³-hybridized carbons (Fsp3) is 0.154. The van der Waals surface area contributed by atoms with Crippen molar-refractivity contribution in [2.45, 2.75) is 13.0 Å². The van der Waals surface area contributed by atoms with Crippen molar-refractivity contribution in [3.63, 3.8) is 0 Å². The minimum Gasteiger partial charge on any atom is -0.508 e. The summed E-state index contributed by atoms with van der Waals surface area (Å²) < 4.78 is 0. The van der Waals surface area contributed by atoms with Gasteiger partial charge in [-0.15, -0.1) is 0 Å². The Morgan fingerprint density at radius 2 is 2.11 bits per heavy atom. The quantitative estimate of drug-likeness (QED) is 0.746. The number of hydrogen-bond donors (Lipinski definition) is 3. The van der Waals surface area contributed by atoms with Gasteiger partial charge in [0, 0.05) is 0 Å². The monoisotopic (exact) mass is 263 g/mol. The second kappa shape index (κ2) is 5.10. The van der Waals surface area contributed by atoms with Crippen LogP contribution in [0.25, 0.3) is 0 Å². The van der Waals surface area contributed by atoms with Crippen LogP contribution in [0.2, 0.25) is 0 Å². The lowest BCUT2D eigenvalue weighted by Crippen LogP contribution is -2.26. The topological polar surface area (TPSA) is 69.6 Å². The first kappa shape index (κ1) is 12.4. The van der Waals surface area contributed by atoms with Gasteiger partial charge in [0.05, 0.1) is 11.6 Å². The van der Waals surface area contributed by atoms with Gasteiger partial charge in [-0.05, 0) is 47.5 Å². The lowest BCUT2D eigenvalue weighted by atomic mass is 10.1. The van der Waals surface area contributed by atoms with Crippen molar-refractivity contribution in [1.82, 2.24) is 5.32 Å². The highest BCUT2D eigenvalue weighted by atomic mass is 32.1. The van der Waals surface area contributed by atoms with Crippen molar-refractivity contribution >= 4 is 17.2 Å². The van der Waals surface area contributed by atoms with Gasteiger partial charge in [0.25, 0.3) is 5.91 Å². The molecule has 1 heterocycles. The Bertz CT molecular complexity index is 551. The van der Waals surface area contributed by atoms with Crippen LogP contribution in [0.3, 0.4) is 0 Å². The summed E-state index contributed by atoms with van der Waals surface area (Å²) in [6, 6.07) is 5.64. The van der Waals surface area contributed by atoms with Gasteiger partial charge in [-0.1, -0.05) is 0 Å². The van der Waals surface area contributed by atoms with E-state index in [1.165, 1.54) is 18.2 Å². The number of hydrogen-bond acceptors (Lipinski definition) is 4. The molecule has 3 N–H and O–H groups in total. The average Bonchev–Trinajstić information content (AvgIpc) is 2.85. The molecule has 0 spiro atoms. The SMILES string of the molecule is CC(NC(=O)c1cc(O)ccc1O)c1ccsc1. The van der Waals surface area contributed by atoms with Crippen LogP contribution < -0.4 is 5.32 Å². The molecule has 2 aromatic rings. The molecular weight excluding hydrogens is 250 g/mol. The van der Waals surface area contributed by atoms with Gasteiger partial charge in [0.1, 0.15) is 11.5 Å². The van der Waals surface area contributed by atoms with Crippen molar-refractivity contribution in [2.75, 3.05) is 0 Å². The predicted octanol–water partition coefficient (Wildman–Crippen LogP) is 2.65. The molecule has 0 saturated carbocycles. The molecule has 0 fully saturated rings. The highest BCUT2D eigenvalue weighted by Crippen LogP contribution is 2.23. The number of amides is 1. The van der Waals surface area contributed by atoms with Gasteiger partial charge in [-0.3, -0.25) is 4.79 Å². The first-order valence-electron chi connectivity index (χ1n) is 5.43. The fourth-order valence-electron chi connectivity index (χ4n) is 1.59. The molecule has 0 radical (unpaired) electrons. The molecule has 94 valence electrons. The number of nitrogens with one attached hydrogen (secondary N) is 1. The number of rotatable bonds is 3. The highest BCUT2D eigenvalue weighted by Gasteiger charge is 2.15. The lowest BCUT2D eigenvalue weighted by molar-refractivity contribution is 0.0937. The molecule has 18 heavy (non-hydrogen) atoms. The third-order valence-corrected chi connectivity index (χ3v) is 3.32. The molecule has 1 aromatic carbocycles. The summed E-state index contributed by atoms with van der Waals surface area (Å²) in [6.45, 7) is 1.86. The molecule has 0 aliphatic rings. The van der Waals surface area contributed by atoms with E-state index in [2.05, 4.69) is 5.32 Å². The van der Waals surface area contributed by atoms with E-state index < -0.39 is 5.91 Å². The molecule has 1 amide bonds. The number of thiophene rings is 1. The van der Waals surface area contributed by atoms with Crippen LogP contribution in [-0.4, -0.2) is 16.1 Å². The number of benzene rings is 1. The van der Waals surface area contributed by atoms with Crippen molar-refractivity contribution < 1.29 is 15.0 Å². The Hall–Kier alpha value is -2.01. The second-order valence-electron chi connectivity index (χ2n) is 3.95. The van der Waals surface area contributed by atoms with E-state index in [1.807, 2.05) is 23.8 Å². The van der Waals surface area contributed by atoms with Crippen LogP contribution in [0, 0.1) is 0 Å². The summed E-state index contributed by atoms with van der Waals surface area (Å²) in [6.07, 6.45) is 0. The average molecular weight is 263 g/mol. The van der Waals surface area contributed by atoms with Crippen LogP contribution in [0.15, 0.2) is 35.0 Å². The third kappa shape index (κ3) is 2.62. The summed E-state index contributed by atoms with van der Waals surface area (Å²) in [5.74, 6) is -0.619.